The number of esters is 1. The fourth-order valence-electron chi connectivity index (χ4n) is 1.70. The van der Waals surface area contributed by atoms with Crippen molar-refractivity contribution >= 4 is 18.3 Å². The van der Waals surface area contributed by atoms with Crippen LogP contribution in [0.3, 0.4) is 0 Å². The summed E-state index contributed by atoms with van der Waals surface area (Å²) in [6.07, 6.45) is 0.0869. The molecule has 1 rings (SSSR count). The van der Waals surface area contributed by atoms with Crippen LogP contribution in [0.4, 0.5) is 4.79 Å². The summed E-state index contributed by atoms with van der Waals surface area (Å²) in [6, 6.07) is 6.62. The second kappa shape index (κ2) is 7.59. The van der Waals surface area contributed by atoms with Gasteiger partial charge in [-0.1, -0.05) is 12.1 Å². The van der Waals surface area contributed by atoms with Crippen LogP contribution < -0.4 is 0 Å². The SMILES string of the molecule is COC(=O)c1ccc(CN(CC=O)C(=O)OC(C)(C)C)cc1. The van der Waals surface area contributed by atoms with Gasteiger partial charge in [-0.15, -0.1) is 0 Å². The van der Waals surface area contributed by atoms with E-state index in [9.17, 15) is 14.4 Å². The zero-order valence-corrected chi connectivity index (χ0v) is 13.3. The lowest BCUT2D eigenvalue weighted by Crippen LogP contribution is -2.37. The lowest BCUT2D eigenvalue weighted by molar-refractivity contribution is -0.109. The lowest BCUT2D eigenvalue weighted by atomic mass is 10.1. The fourth-order valence-corrected chi connectivity index (χ4v) is 1.70. The molecule has 0 saturated heterocycles. The molecule has 6 heteroatoms. The van der Waals surface area contributed by atoms with Gasteiger partial charge >= 0.3 is 12.1 Å². The average Bonchev–Trinajstić information content (AvgIpc) is 2.45. The number of carbonyl (C=O) groups excluding carboxylic acids is 3. The van der Waals surface area contributed by atoms with Gasteiger partial charge < -0.3 is 14.3 Å². The maximum Gasteiger partial charge on any atom is 0.410 e. The number of rotatable bonds is 5. The van der Waals surface area contributed by atoms with Crippen LogP contribution in [0.1, 0.15) is 36.7 Å². The Morgan fingerprint density at radius 3 is 2.23 bits per heavy atom. The quantitative estimate of drug-likeness (QED) is 0.617. The van der Waals surface area contributed by atoms with E-state index < -0.39 is 17.7 Å². The molecule has 0 aliphatic carbocycles. The molecule has 0 fully saturated rings. The van der Waals surface area contributed by atoms with Crippen LogP contribution in [-0.2, 0) is 20.8 Å². The molecule has 0 N–H and O–H groups in total. The highest BCUT2D eigenvalue weighted by atomic mass is 16.6. The molecule has 1 amide bonds. The molecule has 0 aliphatic heterocycles. The topological polar surface area (TPSA) is 72.9 Å². The summed E-state index contributed by atoms with van der Waals surface area (Å²) in [6.45, 7) is 5.43. The molecule has 1 aromatic rings. The van der Waals surface area contributed by atoms with Crippen LogP contribution in [0, 0.1) is 0 Å². The molecule has 0 radical (unpaired) electrons. The van der Waals surface area contributed by atoms with E-state index in [2.05, 4.69) is 4.74 Å². The molecule has 0 heterocycles. The second-order valence-electron chi connectivity index (χ2n) is 5.72. The van der Waals surface area contributed by atoms with Gasteiger partial charge in [0, 0.05) is 6.54 Å². The molecule has 0 saturated carbocycles. The Bertz CT molecular complexity index is 530. The predicted molar refractivity (Wildman–Crippen MR) is 80.5 cm³/mol. The number of benzene rings is 1. The second-order valence-corrected chi connectivity index (χ2v) is 5.72. The van der Waals surface area contributed by atoms with Gasteiger partial charge in [-0.2, -0.15) is 0 Å². The fraction of sp³-hybridized carbons (Fsp3) is 0.438. The number of nitrogens with zero attached hydrogens (tertiary/aromatic N) is 1. The summed E-state index contributed by atoms with van der Waals surface area (Å²) in [5, 5.41) is 0. The van der Waals surface area contributed by atoms with Crippen molar-refractivity contribution in [3.8, 4) is 0 Å². The lowest BCUT2D eigenvalue weighted by Gasteiger charge is -2.26. The van der Waals surface area contributed by atoms with Gasteiger partial charge in [-0.25, -0.2) is 9.59 Å². The first kappa shape index (κ1) is 17.7. The zero-order chi connectivity index (χ0) is 16.8. The van der Waals surface area contributed by atoms with E-state index in [0.29, 0.717) is 11.8 Å². The van der Waals surface area contributed by atoms with Crippen LogP contribution in [-0.4, -0.2) is 42.5 Å². The summed E-state index contributed by atoms with van der Waals surface area (Å²) >= 11 is 0. The van der Waals surface area contributed by atoms with Crippen molar-refractivity contribution in [1.82, 2.24) is 4.90 Å². The Labute approximate surface area is 130 Å². The molecule has 120 valence electrons. The Kier molecular flexibility index (Phi) is 6.10. The van der Waals surface area contributed by atoms with E-state index in [4.69, 9.17) is 4.74 Å². The number of hydrogen-bond acceptors (Lipinski definition) is 5. The third kappa shape index (κ3) is 5.55. The number of aldehydes is 1. The van der Waals surface area contributed by atoms with E-state index in [1.165, 1.54) is 12.0 Å². The van der Waals surface area contributed by atoms with E-state index in [1.54, 1.807) is 45.0 Å². The van der Waals surface area contributed by atoms with E-state index in [-0.39, 0.29) is 13.1 Å². The maximum atomic E-state index is 12.0. The van der Waals surface area contributed by atoms with Crippen molar-refractivity contribution in [2.75, 3.05) is 13.7 Å². The highest BCUT2D eigenvalue weighted by Crippen LogP contribution is 2.13. The molecule has 0 atom stereocenters. The van der Waals surface area contributed by atoms with Crippen LogP contribution in [0.2, 0.25) is 0 Å². The first-order valence-electron chi connectivity index (χ1n) is 6.85. The molecular formula is C16H21NO5. The summed E-state index contributed by atoms with van der Waals surface area (Å²) in [7, 11) is 1.31. The minimum Gasteiger partial charge on any atom is -0.465 e. The molecule has 0 bridgehead atoms. The molecule has 0 aromatic heterocycles. The first-order chi connectivity index (χ1) is 10.3. The van der Waals surface area contributed by atoms with Crippen molar-refractivity contribution in [3.63, 3.8) is 0 Å². The van der Waals surface area contributed by atoms with Crippen molar-refractivity contribution in [2.24, 2.45) is 0 Å². The van der Waals surface area contributed by atoms with E-state index in [1.807, 2.05) is 0 Å². The average molecular weight is 307 g/mol. The third-order valence-corrected chi connectivity index (χ3v) is 2.70. The predicted octanol–water partition coefficient (Wildman–Crippen LogP) is 2.41. The molecule has 0 spiro atoms. The van der Waals surface area contributed by atoms with Gasteiger partial charge in [0.05, 0.1) is 19.2 Å². The number of ether oxygens (including phenoxy) is 2. The Morgan fingerprint density at radius 1 is 1.18 bits per heavy atom. The van der Waals surface area contributed by atoms with Gasteiger partial charge in [0.25, 0.3) is 0 Å². The summed E-state index contributed by atoms with van der Waals surface area (Å²) < 4.78 is 9.88. The van der Waals surface area contributed by atoms with Crippen molar-refractivity contribution in [1.29, 1.82) is 0 Å². The van der Waals surface area contributed by atoms with Crippen LogP contribution >= 0.6 is 0 Å². The van der Waals surface area contributed by atoms with Crippen molar-refractivity contribution < 1.29 is 23.9 Å². The van der Waals surface area contributed by atoms with Gasteiger partial charge in [0.1, 0.15) is 11.9 Å². The van der Waals surface area contributed by atoms with Gasteiger partial charge in [-0.3, -0.25) is 4.90 Å². The van der Waals surface area contributed by atoms with Gasteiger partial charge in [0.15, 0.2) is 0 Å². The summed E-state index contributed by atoms with van der Waals surface area (Å²) in [4.78, 5) is 35.5. The van der Waals surface area contributed by atoms with Gasteiger partial charge in [-0.05, 0) is 38.5 Å². The summed E-state index contributed by atoms with van der Waals surface area (Å²) in [5.41, 5.74) is 0.568. The van der Waals surface area contributed by atoms with Crippen LogP contribution in [0.15, 0.2) is 24.3 Å². The Hall–Kier alpha value is -2.37. The Balaban J connectivity index is 2.80. The van der Waals surface area contributed by atoms with Crippen molar-refractivity contribution in [3.05, 3.63) is 35.4 Å². The number of methoxy groups -OCH3 is 1. The number of carbonyl (C=O) groups is 3. The molecular weight excluding hydrogens is 286 g/mol. The standard InChI is InChI=1S/C16H21NO5/c1-16(2,3)22-15(20)17(9-10-18)11-12-5-7-13(8-6-12)14(19)21-4/h5-8,10H,9,11H2,1-4H3. The minimum atomic E-state index is -0.632. The smallest absolute Gasteiger partial charge is 0.410 e. The molecule has 1 aromatic carbocycles. The molecule has 0 aliphatic rings. The van der Waals surface area contributed by atoms with E-state index in [0.717, 1.165) is 5.56 Å². The summed E-state index contributed by atoms with van der Waals surface area (Å²) in [5.74, 6) is -0.427. The first-order valence-corrected chi connectivity index (χ1v) is 6.85. The number of hydrogen-bond donors (Lipinski definition) is 0. The largest absolute Gasteiger partial charge is 0.465 e. The molecule has 6 nitrogen and oxygen atoms in total. The molecule has 22 heavy (non-hydrogen) atoms. The Morgan fingerprint density at radius 2 is 1.77 bits per heavy atom. The minimum absolute atomic E-state index is 0.0618. The highest BCUT2D eigenvalue weighted by molar-refractivity contribution is 5.89. The zero-order valence-electron chi connectivity index (χ0n) is 13.3. The van der Waals surface area contributed by atoms with Crippen LogP contribution in [0.25, 0.3) is 0 Å². The third-order valence-electron chi connectivity index (χ3n) is 2.70. The van der Waals surface area contributed by atoms with Crippen LogP contribution in [0.5, 0.6) is 0 Å². The normalized spacial score (nSPS) is 10.7. The monoisotopic (exact) mass is 307 g/mol. The maximum absolute atomic E-state index is 12.0. The van der Waals surface area contributed by atoms with Gasteiger partial charge in [0.2, 0.25) is 0 Å². The molecule has 0 unspecified atom stereocenters. The van der Waals surface area contributed by atoms with Crippen molar-refractivity contribution in [2.45, 2.75) is 32.9 Å². The van der Waals surface area contributed by atoms with E-state index >= 15 is 0 Å². The number of amides is 1. The highest BCUT2D eigenvalue weighted by Gasteiger charge is 2.22.